The summed E-state index contributed by atoms with van der Waals surface area (Å²) in [6, 6.07) is 13.5. The van der Waals surface area contributed by atoms with Crippen molar-refractivity contribution in [2.75, 3.05) is 5.32 Å². The number of aromatic nitrogens is 5. The molecule has 0 aliphatic heterocycles. The highest BCUT2D eigenvalue weighted by Crippen LogP contribution is 2.28. The number of halogens is 1. The maximum atomic E-state index is 6.00. The Morgan fingerprint density at radius 1 is 1.04 bits per heavy atom. The summed E-state index contributed by atoms with van der Waals surface area (Å²) in [5.74, 6) is 0.691. The fraction of sp³-hybridized carbons (Fsp3) is 0.0667. The smallest absolute Gasteiger partial charge is 0.200 e. The lowest BCUT2D eigenvalue weighted by molar-refractivity contribution is 0.730. The summed E-state index contributed by atoms with van der Waals surface area (Å²) < 4.78 is 1.40. The molecule has 0 aliphatic rings. The van der Waals surface area contributed by atoms with E-state index in [-0.39, 0.29) is 6.04 Å². The van der Waals surface area contributed by atoms with Crippen LogP contribution in [0.3, 0.4) is 0 Å². The molecule has 4 rings (SSSR count). The van der Waals surface area contributed by atoms with Gasteiger partial charge in [0.2, 0.25) is 0 Å². The van der Waals surface area contributed by atoms with Crippen LogP contribution in [0.1, 0.15) is 17.2 Å². The van der Waals surface area contributed by atoms with E-state index in [0.29, 0.717) is 16.5 Å². The zero-order chi connectivity index (χ0) is 15.6. The van der Waals surface area contributed by atoms with Crippen molar-refractivity contribution in [3.63, 3.8) is 0 Å². The summed E-state index contributed by atoms with van der Waals surface area (Å²) in [5, 5.41) is 24.0. The molecule has 1 aromatic carbocycles. The van der Waals surface area contributed by atoms with E-state index >= 15 is 0 Å². The number of tetrazole rings is 1. The molecule has 3 aromatic heterocycles. The highest BCUT2D eigenvalue weighted by Gasteiger charge is 2.15. The second-order valence-electron chi connectivity index (χ2n) is 4.93. The molecule has 23 heavy (non-hydrogen) atoms. The average molecular weight is 343 g/mol. The number of hydrogen-bond donors (Lipinski definition) is 1. The Hall–Kier alpha value is -2.51. The van der Waals surface area contributed by atoms with Gasteiger partial charge in [-0.05, 0) is 62.6 Å². The van der Waals surface area contributed by atoms with Crippen molar-refractivity contribution in [3.8, 4) is 0 Å². The number of benzene rings is 1. The third kappa shape index (κ3) is 2.88. The van der Waals surface area contributed by atoms with Gasteiger partial charge in [0.05, 0.1) is 6.04 Å². The van der Waals surface area contributed by atoms with Gasteiger partial charge in [0.1, 0.15) is 5.82 Å². The molecule has 1 atom stereocenters. The van der Waals surface area contributed by atoms with E-state index in [1.807, 2.05) is 36.4 Å². The molecule has 0 radical (unpaired) electrons. The molecule has 1 N–H and O–H groups in total. The number of hydrogen-bond acceptors (Lipinski definition) is 6. The summed E-state index contributed by atoms with van der Waals surface area (Å²) >= 11 is 7.65. The van der Waals surface area contributed by atoms with E-state index in [2.05, 4.69) is 42.8 Å². The van der Waals surface area contributed by atoms with Gasteiger partial charge in [0.15, 0.2) is 5.65 Å². The minimum absolute atomic E-state index is 0.0278. The van der Waals surface area contributed by atoms with Gasteiger partial charge in [-0.15, -0.1) is 14.8 Å². The third-order valence-electron chi connectivity index (χ3n) is 3.44. The molecule has 6 nitrogen and oxygen atoms in total. The van der Waals surface area contributed by atoms with E-state index in [1.54, 1.807) is 11.3 Å². The van der Waals surface area contributed by atoms with Crippen molar-refractivity contribution >= 4 is 34.4 Å². The second kappa shape index (κ2) is 5.94. The van der Waals surface area contributed by atoms with Gasteiger partial charge >= 0.3 is 0 Å². The van der Waals surface area contributed by atoms with E-state index in [4.69, 9.17) is 11.6 Å². The molecule has 8 heteroatoms. The van der Waals surface area contributed by atoms with Crippen molar-refractivity contribution in [1.82, 2.24) is 25.3 Å². The number of nitrogens with one attached hydrogen (secondary N) is 1. The second-order valence-corrected chi connectivity index (χ2v) is 6.15. The van der Waals surface area contributed by atoms with Crippen LogP contribution in [0, 0.1) is 0 Å². The van der Waals surface area contributed by atoms with Crippen LogP contribution in [0.5, 0.6) is 0 Å². The van der Waals surface area contributed by atoms with Crippen molar-refractivity contribution in [3.05, 3.63) is 69.4 Å². The fourth-order valence-electron chi connectivity index (χ4n) is 2.33. The Balaban J connectivity index is 1.71. The fourth-order valence-corrected chi connectivity index (χ4v) is 3.14. The van der Waals surface area contributed by atoms with Crippen LogP contribution in [0.15, 0.2) is 53.2 Å². The quantitative estimate of drug-likeness (QED) is 0.615. The molecule has 0 aliphatic carbocycles. The zero-order valence-electron chi connectivity index (χ0n) is 11.8. The predicted molar refractivity (Wildman–Crippen MR) is 89.8 cm³/mol. The topological polar surface area (TPSA) is 68.0 Å². The largest absolute Gasteiger partial charge is 0.358 e. The Kier molecular flexibility index (Phi) is 3.64. The zero-order valence-corrected chi connectivity index (χ0v) is 13.4. The highest BCUT2D eigenvalue weighted by molar-refractivity contribution is 7.08. The van der Waals surface area contributed by atoms with Crippen LogP contribution >= 0.6 is 22.9 Å². The molecule has 0 spiro atoms. The summed E-state index contributed by atoms with van der Waals surface area (Å²) in [7, 11) is 0. The first kappa shape index (κ1) is 14.1. The molecule has 0 unspecified atom stereocenters. The van der Waals surface area contributed by atoms with Crippen LogP contribution in [0.2, 0.25) is 5.02 Å². The standard InChI is InChI=1S/C15H11ClN6S/c16-12-3-1-10(2-4-12)15(11-7-8-23-9-11)17-13-5-6-14-18-20-21-22(14)19-13/h1-9,15H,(H,17,19)/t15-/m1/s1. The molecule has 0 saturated carbocycles. The van der Waals surface area contributed by atoms with Crippen LogP contribution in [0.25, 0.3) is 5.65 Å². The number of thiophene rings is 1. The monoisotopic (exact) mass is 342 g/mol. The van der Waals surface area contributed by atoms with Gasteiger partial charge in [-0.25, -0.2) is 0 Å². The van der Waals surface area contributed by atoms with Crippen LogP contribution in [-0.4, -0.2) is 25.3 Å². The van der Waals surface area contributed by atoms with Crippen LogP contribution in [0.4, 0.5) is 5.82 Å². The Labute approximate surface area is 140 Å². The first-order valence-corrected chi connectivity index (χ1v) is 8.21. The van der Waals surface area contributed by atoms with Crippen molar-refractivity contribution in [2.45, 2.75) is 6.04 Å². The first-order chi connectivity index (χ1) is 11.3. The number of fused-ring (bicyclic) bond motifs is 1. The first-order valence-electron chi connectivity index (χ1n) is 6.89. The number of nitrogens with zero attached hydrogens (tertiary/aromatic N) is 5. The molecule has 4 aromatic rings. The molecule has 0 amide bonds. The van der Waals surface area contributed by atoms with Gasteiger partial charge in [0.25, 0.3) is 0 Å². The average Bonchev–Trinajstić information content (AvgIpc) is 3.24. The third-order valence-corrected chi connectivity index (χ3v) is 4.40. The van der Waals surface area contributed by atoms with Gasteiger partial charge in [-0.1, -0.05) is 23.7 Å². The maximum absolute atomic E-state index is 6.00. The molecule has 0 bridgehead atoms. The SMILES string of the molecule is Clc1ccc([C@@H](Nc2ccc3nnnn3n2)c2ccsc2)cc1. The minimum atomic E-state index is -0.0278. The molecule has 3 heterocycles. The molecular formula is C15H11ClN6S. The Bertz CT molecular complexity index is 919. The van der Waals surface area contributed by atoms with Crippen molar-refractivity contribution in [1.29, 1.82) is 0 Å². The summed E-state index contributed by atoms with van der Waals surface area (Å²) in [6.45, 7) is 0. The van der Waals surface area contributed by atoms with Gasteiger partial charge in [-0.2, -0.15) is 11.3 Å². The lowest BCUT2D eigenvalue weighted by Crippen LogP contribution is -2.13. The maximum Gasteiger partial charge on any atom is 0.200 e. The Morgan fingerprint density at radius 3 is 2.70 bits per heavy atom. The summed E-state index contributed by atoms with van der Waals surface area (Å²) in [4.78, 5) is 0. The van der Waals surface area contributed by atoms with Crippen LogP contribution in [-0.2, 0) is 0 Å². The summed E-state index contributed by atoms with van der Waals surface area (Å²) in [6.07, 6.45) is 0. The number of rotatable bonds is 4. The van der Waals surface area contributed by atoms with E-state index in [0.717, 1.165) is 11.1 Å². The minimum Gasteiger partial charge on any atom is -0.358 e. The van der Waals surface area contributed by atoms with Crippen molar-refractivity contribution < 1.29 is 0 Å². The van der Waals surface area contributed by atoms with E-state index < -0.39 is 0 Å². The Morgan fingerprint density at radius 2 is 1.91 bits per heavy atom. The number of anilines is 1. The lowest BCUT2D eigenvalue weighted by Gasteiger charge is -2.19. The summed E-state index contributed by atoms with van der Waals surface area (Å²) in [5.41, 5.74) is 2.87. The molecule has 114 valence electrons. The van der Waals surface area contributed by atoms with Crippen LogP contribution < -0.4 is 5.32 Å². The van der Waals surface area contributed by atoms with Gasteiger partial charge in [-0.3, -0.25) is 0 Å². The van der Waals surface area contributed by atoms with Crippen molar-refractivity contribution in [2.24, 2.45) is 0 Å². The molecule has 0 saturated heterocycles. The normalized spacial score (nSPS) is 12.4. The van der Waals surface area contributed by atoms with E-state index in [1.165, 1.54) is 4.63 Å². The van der Waals surface area contributed by atoms with E-state index in [9.17, 15) is 0 Å². The molecule has 0 fully saturated rings. The molecular weight excluding hydrogens is 332 g/mol. The highest BCUT2D eigenvalue weighted by atomic mass is 35.5. The van der Waals surface area contributed by atoms with Gasteiger partial charge in [0, 0.05) is 5.02 Å². The lowest BCUT2D eigenvalue weighted by atomic mass is 10.0. The predicted octanol–water partition coefficient (Wildman–Crippen LogP) is 3.44. The van der Waals surface area contributed by atoms with Gasteiger partial charge < -0.3 is 5.32 Å².